The van der Waals surface area contributed by atoms with Gasteiger partial charge >= 0.3 is 0 Å². The van der Waals surface area contributed by atoms with Crippen molar-refractivity contribution < 1.29 is 9.90 Å². The maximum atomic E-state index is 12.9. The first-order chi connectivity index (χ1) is 16.0. The van der Waals surface area contributed by atoms with Crippen LogP contribution in [0.5, 0.6) is 0 Å². The molecule has 0 spiro atoms. The summed E-state index contributed by atoms with van der Waals surface area (Å²) >= 11 is 0. The number of fused-ring (bicyclic) bond motifs is 1. The van der Waals surface area contributed by atoms with Crippen LogP contribution in [0.1, 0.15) is 40.7 Å². The Morgan fingerprint density at radius 1 is 0.909 bits per heavy atom. The van der Waals surface area contributed by atoms with Gasteiger partial charge in [-0.15, -0.1) is 0 Å². The standard InChI is InChI=1S/C30H33NO2/c1-22-6-5-9-26(16-22)24-10-12-25(13-11-24)29(32)21-31-19-27-17-30(33,18-28(27)20-31)15-14-23-7-3-2-4-8-23/h2-13,16,27-28,33H,14-15,17-21H2,1H3/t27-,28+,30-. The summed E-state index contributed by atoms with van der Waals surface area (Å²) in [6.07, 6.45) is 3.48. The second kappa shape index (κ2) is 9.24. The predicted octanol–water partition coefficient (Wildman–Crippen LogP) is 5.55. The number of aryl methyl sites for hydroxylation is 2. The van der Waals surface area contributed by atoms with Gasteiger partial charge in [0, 0.05) is 18.7 Å². The van der Waals surface area contributed by atoms with E-state index in [1.54, 1.807) is 0 Å². The van der Waals surface area contributed by atoms with Gasteiger partial charge in [-0.05, 0) is 61.1 Å². The van der Waals surface area contributed by atoms with E-state index in [-0.39, 0.29) is 5.78 Å². The fourth-order valence-electron chi connectivity index (χ4n) is 5.88. The molecule has 0 radical (unpaired) electrons. The lowest BCUT2D eigenvalue weighted by Gasteiger charge is -2.26. The third-order valence-corrected chi connectivity index (χ3v) is 7.58. The van der Waals surface area contributed by atoms with Crippen LogP contribution >= 0.6 is 0 Å². The molecule has 1 N–H and O–H groups in total. The molecule has 0 amide bonds. The molecule has 3 aromatic rings. The molecule has 3 aromatic carbocycles. The van der Waals surface area contributed by atoms with Crippen molar-refractivity contribution in [1.29, 1.82) is 0 Å². The first-order valence-corrected chi connectivity index (χ1v) is 12.2. The number of aliphatic hydroxyl groups is 1. The summed E-state index contributed by atoms with van der Waals surface area (Å²) in [7, 11) is 0. The van der Waals surface area contributed by atoms with Crippen LogP contribution in [0.4, 0.5) is 0 Å². The van der Waals surface area contributed by atoms with Gasteiger partial charge in [0.2, 0.25) is 0 Å². The number of carbonyl (C=O) groups excluding carboxylic acids is 1. The fraction of sp³-hybridized carbons (Fsp3) is 0.367. The number of carbonyl (C=O) groups is 1. The fourth-order valence-corrected chi connectivity index (χ4v) is 5.88. The van der Waals surface area contributed by atoms with E-state index in [9.17, 15) is 9.90 Å². The number of hydrogen-bond donors (Lipinski definition) is 1. The van der Waals surface area contributed by atoms with E-state index in [1.807, 2.05) is 30.3 Å². The van der Waals surface area contributed by atoms with Gasteiger partial charge in [-0.25, -0.2) is 0 Å². The second-order valence-corrected chi connectivity index (χ2v) is 10.2. The molecule has 2 aliphatic rings. The average Bonchev–Trinajstić information content (AvgIpc) is 3.33. The number of nitrogens with zero attached hydrogens (tertiary/aromatic N) is 1. The van der Waals surface area contributed by atoms with E-state index in [2.05, 4.69) is 60.4 Å². The van der Waals surface area contributed by atoms with Gasteiger partial charge in [-0.2, -0.15) is 0 Å². The Balaban J connectivity index is 1.14. The first-order valence-electron chi connectivity index (χ1n) is 12.2. The minimum absolute atomic E-state index is 0.185. The summed E-state index contributed by atoms with van der Waals surface area (Å²) in [6, 6.07) is 26.9. The Morgan fingerprint density at radius 3 is 2.27 bits per heavy atom. The summed E-state index contributed by atoms with van der Waals surface area (Å²) in [6.45, 7) is 4.41. The van der Waals surface area contributed by atoms with E-state index in [0.29, 0.717) is 18.4 Å². The molecule has 1 aliphatic heterocycles. The van der Waals surface area contributed by atoms with Gasteiger partial charge in [0.1, 0.15) is 0 Å². The monoisotopic (exact) mass is 439 g/mol. The number of ketones is 1. The Hall–Kier alpha value is -2.75. The molecule has 5 rings (SSSR count). The first kappa shape index (κ1) is 22.1. The number of hydrogen-bond acceptors (Lipinski definition) is 3. The maximum Gasteiger partial charge on any atom is 0.176 e. The van der Waals surface area contributed by atoms with Crippen molar-refractivity contribution >= 4 is 5.78 Å². The molecule has 0 unspecified atom stereocenters. The molecule has 1 saturated heterocycles. The minimum Gasteiger partial charge on any atom is -0.390 e. The van der Waals surface area contributed by atoms with Crippen LogP contribution in [0.3, 0.4) is 0 Å². The molecular formula is C30H33NO2. The molecule has 33 heavy (non-hydrogen) atoms. The van der Waals surface area contributed by atoms with E-state index in [1.165, 1.54) is 16.7 Å². The van der Waals surface area contributed by atoms with Crippen LogP contribution < -0.4 is 0 Å². The Labute approximate surface area is 197 Å². The van der Waals surface area contributed by atoms with Crippen molar-refractivity contribution in [3.8, 4) is 11.1 Å². The van der Waals surface area contributed by atoms with Gasteiger partial charge in [0.05, 0.1) is 12.1 Å². The van der Waals surface area contributed by atoms with Crippen LogP contribution in [0.15, 0.2) is 78.9 Å². The second-order valence-electron chi connectivity index (χ2n) is 10.2. The zero-order valence-corrected chi connectivity index (χ0v) is 19.4. The van der Waals surface area contributed by atoms with Crippen LogP contribution in [-0.2, 0) is 6.42 Å². The van der Waals surface area contributed by atoms with E-state index in [0.717, 1.165) is 49.9 Å². The summed E-state index contributed by atoms with van der Waals surface area (Å²) in [5.74, 6) is 1.19. The van der Waals surface area contributed by atoms with Gasteiger partial charge < -0.3 is 5.11 Å². The number of Topliss-reactive ketones (excluding diaryl/α,β-unsaturated/α-hetero) is 1. The summed E-state index contributed by atoms with van der Waals surface area (Å²) in [4.78, 5) is 15.2. The molecule has 1 saturated carbocycles. The predicted molar refractivity (Wildman–Crippen MR) is 133 cm³/mol. The van der Waals surface area contributed by atoms with Crippen molar-refractivity contribution in [3.05, 3.63) is 95.6 Å². The van der Waals surface area contributed by atoms with Crippen molar-refractivity contribution in [2.45, 2.75) is 38.2 Å². The average molecular weight is 440 g/mol. The Kier molecular flexibility index (Phi) is 6.18. The zero-order valence-electron chi connectivity index (χ0n) is 19.4. The summed E-state index contributed by atoms with van der Waals surface area (Å²) < 4.78 is 0. The third kappa shape index (κ3) is 5.10. The van der Waals surface area contributed by atoms with Crippen LogP contribution in [0.2, 0.25) is 0 Å². The minimum atomic E-state index is -0.549. The highest BCUT2D eigenvalue weighted by Gasteiger charge is 2.47. The number of likely N-dealkylation sites (tertiary alicyclic amines) is 1. The maximum absolute atomic E-state index is 12.9. The molecule has 3 nitrogen and oxygen atoms in total. The van der Waals surface area contributed by atoms with E-state index in [4.69, 9.17) is 0 Å². The molecule has 0 aromatic heterocycles. The lowest BCUT2D eigenvalue weighted by molar-refractivity contribution is 0.0271. The molecular weight excluding hydrogens is 406 g/mol. The SMILES string of the molecule is Cc1cccc(-c2ccc(C(=O)CN3C[C@@H]4C[C@@](O)(CCc5ccccc5)C[C@@H]4C3)cc2)c1. The molecule has 3 atom stereocenters. The van der Waals surface area contributed by atoms with E-state index < -0.39 is 5.60 Å². The molecule has 1 aliphatic carbocycles. The van der Waals surface area contributed by atoms with Gasteiger partial charge in [-0.3, -0.25) is 9.69 Å². The quantitative estimate of drug-likeness (QED) is 0.491. The highest BCUT2D eigenvalue weighted by molar-refractivity contribution is 5.98. The van der Waals surface area contributed by atoms with Gasteiger partial charge in [0.25, 0.3) is 0 Å². The van der Waals surface area contributed by atoms with E-state index >= 15 is 0 Å². The van der Waals surface area contributed by atoms with Crippen molar-refractivity contribution in [2.75, 3.05) is 19.6 Å². The molecule has 0 bridgehead atoms. The van der Waals surface area contributed by atoms with Crippen molar-refractivity contribution in [2.24, 2.45) is 11.8 Å². The molecule has 170 valence electrons. The Bertz CT molecular complexity index is 1090. The van der Waals surface area contributed by atoms with Gasteiger partial charge in [-0.1, -0.05) is 84.4 Å². The zero-order chi connectivity index (χ0) is 22.8. The topological polar surface area (TPSA) is 40.5 Å². The number of benzene rings is 3. The molecule has 1 heterocycles. The smallest absolute Gasteiger partial charge is 0.176 e. The normalized spacial score (nSPS) is 24.7. The molecule has 3 heteroatoms. The Morgan fingerprint density at radius 2 is 1.61 bits per heavy atom. The number of rotatable bonds is 7. The van der Waals surface area contributed by atoms with Crippen molar-refractivity contribution in [1.82, 2.24) is 4.90 Å². The third-order valence-electron chi connectivity index (χ3n) is 7.58. The van der Waals surface area contributed by atoms with Crippen LogP contribution in [0.25, 0.3) is 11.1 Å². The molecule has 2 fully saturated rings. The lowest BCUT2D eigenvalue weighted by Crippen LogP contribution is -2.33. The lowest BCUT2D eigenvalue weighted by atomic mass is 9.91. The summed E-state index contributed by atoms with van der Waals surface area (Å²) in [5.41, 5.74) is 5.08. The highest BCUT2D eigenvalue weighted by atomic mass is 16.3. The van der Waals surface area contributed by atoms with Crippen LogP contribution in [0, 0.1) is 18.8 Å². The van der Waals surface area contributed by atoms with Crippen LogP contribution in [-0.4, -0.2) is 41.0 Å². The van der Waals surface area contributed by atoms with Gasteiger partial charge in [0.15, 0.2) is 5.78 Å². The highest BCUT2D eigenvalue weighted by Crippen LogP contribution is 2.45. The van der Waals surface area contributed by atoms with Crippen molar-refractivity contribution in [3.63, 3.8) is 0 Å². The largest absolute Gasteiger partial charge is 0.390 e. The summed E-state index contributed by atoms with van der Waals surface area (Å²) in [5, 5.41) is 11.2.